The molecule has 1 aromatic rings. The van der Waals surface area contributed by atoms with E-state index in [2.05, 4.69) is 39.1 Å². The standard InChI is InChI=1S/C11H11IN2O/c1-2-7-13-8-11(15)14-10-6-4-3-5-9(10)12/h1,3-6,13H,7-8H2,(H,14,15). The van der Waals surface area contributed by atoms with Crippen molar-refractivity contribution in [1.29, 1.82) is 0 Å². The minimum atomic E-state index is -0.0885. The Hall–Kier alpha value is -1.06. The zero-order valence-corrected chi connectivity index (χ0v) is 10.2. The van der Waals surface area contributed by atoms with Crippen molar-refractivity contribution in [1.82, 2.24) is 5.32 Å². The molecule has 0 radical (unpaired) electrons. The molecule has 0 unspecified atom stereocenters. The van der Waals surface area contributed by atoms with Crippen LogP contribution in [0.2, 0.25) is 0 Å². The van der Waals surface area contributed by atoms with Gasteiger partial charge in [0.15, 0.2) is 0 Å². The second-order valence-electron chi connectivity index (χ2n) is 2.84. The highest BCUT2D eigenvalue weighted by Gasteiger charge is 2.03. The van der Waals surface area contributed by atoms with Crippen LogP contribution in [-0.4, -0.2) is 19.0 Å². The van der Waals surface area contributed by atoms with Crippen molar-refractivity contribution in [2.75, 3.05) is 18.4 Å². The zero-order chi connectivity index (χ0) is 11.1. The van der Waals surface area contributed by atoms with E-state index in [9.17, 15) is 4.79 Å². The second kappa shape index (κ2) is 6.43. The molecule has 0 atom stereocenters. The van der Waals surface area contributed by atoms with Gasteiger partial charge in [-0.3, -0.25) is 10.1 Å². The van der Waals surface area contributed by atoms with Crippen molar-refractivity contribution < 1.29 is 4.79 Å². The average molecular weight is 314 g/mol. The Balaban J connectivity index is 2.45. The molecule has 1 rings (SSSR count). The van der Waals surface area contributed by atoms with E-state index in [-0.39, 0.29) is 12.5 Å². The molecule has 4 heteroatoms. The SMILES string of the molecule is C#CCNCC(=O)Nc1ccccc1I. The monoisotopic (exact) mass is 314 g/mol. The number of rotatable bonds is 4. The lowest BCUT2D eigenvalue weighted by molar-refractivity contribution is -0.115. The first-order chi connectivity index (χ1) is 7.24. The fraction of sp³-hybridized carbons (Fsp3) is 0.182. The van der Waals surface area contributed by atoms with Gasteiger partial charge < -0.3 is 5.32 Å². The number of carbonyl (C=O) groups excluding carboxylic acids is 1. The van der Waals surface area contributed by atoms with Crippen LogP contribution in [0.1, 0.15) is 0 Å². The van der Waals surface area contributed by atoms with Crippen LogP contribution in [0.3, 0.4) is 0 Å². The number of terminal acetylenes is 1. The first-order valence-corrected chi connectivity index (χ1v) is 5.50. The second-order valence-corrected chi connectivity index (χ2v) is 4.00. The summed E-state index contributed by atoms with van der Waals surface area (Å²) in [5.74, 6) is 2.32. The predicted octanol–water partition coefficient (Wildman–Crippen LogP) is 1.45. The lowest BCUT2D eigenvalue weighted by Gasteiger charge is -2.06. The van der Waals surface area contributed by atoms with Crippen LogP contribution in [0.15, 0.2) is 24.3 Å². The summed E-state index contributed by atoms with van der Waals surface area (Å²) in [7, 11) is 0. The molecule has 0 aromatic heterocycles. The van der Waals surface area contributed by atoms with Crippen LogP contribution in [0.25, 0.3) is 0 Å². The quantitative estimate of drug-likeness (QED) is 0.502. The van der Waals surface area contributed by atoms with Crippen LogP contribution in [0, 0.1) is 15.9 Å². The number of hydrogen-bond donors (Lipinski definition) is 2. The molecule has 0 aliphatic carbocycles. The molecule has 0 fully saturated rings. The molecule has 1 aromatic carbocycles. The molecule has 3 nitrogen and oxygen atoms in total. The van der Waals surface area contributed by atoms with E-state index in [1.165, 1.54) is 0 Å². The summed E-state index contributed by atoms with van der Waals surface area (Å²) < 4.78 is 1.01. The maximum absolute atomic E-state index is 11.4. The fourth-order valence-corrected chi connectivity index (χ4v) is 1.53. The van der Waals surface area contributed by atoms with Crippen LogP contribution in [-0.2, 0) is 4.79 Å². The highest BCUT2D eigenvalue weighted by molar-refractivity contribution is 14.1. The van der Waals surface area contributed by atoms with Gasteiger partial charge >= 0.3 is 0 Å². The van der Waals surface area contributed by atoms with Crippen LogP contribution >= 0.6 is 22.6 Å². The van der Waals surface area contributed by atoms with Gasteiger partial charge in [-0.05, 0) is 34.7 Å². The zero-order valence-electron chi connectivity index (χ0n) is 8.09. The Morgan fingerprint density at radius 2 is 2.20 bits per heavy atom. The van der Waals surface area contributed by atoms with Crippen molar-refractivity contribution in [3.8, 4) is 12.3 Å². The van der Waals surface area contributed by atoms with Crippen LogP contribution in [0.5, 0.6) is 0 Å². The van der Waals surface area contributed by atoms with Crippen LogP contribution < -0.4 is 10.6 Å². The van der Waals surface area contributed by atoms with Crippen molar-refractivity contribution in [2.45, 2.75) is 0 Å². The third-order valence-electron chi connectivity index (χ3n) is 1.66. The minimum Gasteiger partial charge on any atom is -0.324 e. The van der Waals surface area contributed by atoms with E-state index in [1.807, 2.05) is 24.3 Å². The number of amides is 1. The first-order valence-electron chi connectivity index (χ1n) is 4.42. The number of hydrogen-bond acceptors (Lipinski definition) is 2. The smallest absolute Gasteiger partial charge is 0.238 e. The van der Waals surface area contributed by atoms with Crippen molar-refractivity contribution in [2.24, 2.45) is 0 Å². The summed E-state index contributed by atoms with van der Waals surface area (Å²) in [5.41, 5.74) is 0.825. The molecule has 2 N–H and O–H groups in total. The van der Waals surface area contributed by atoms with E-state index in [1.54, 1.807) is 0 Å². The van der Waals surface area contributed by atoms with Gasteiger partial charge in [-0.1, -0.05) is 18.1 Å². The molecular weight excluding hydrogens is 303 g/mol. The van der Waals surface area contributed by atoms with Gasteiger partial charge in [0.2, 0.25) is 5.91 Å². The lowest BCUT2D eigenvalue weighted by atomic mass is 10.3. The highest BCUT2D eigenvalue weighted by atomic mass is 127. The number of anilines is 1. The van der Waals surface area contributed by atoms with Gasteiger partial charge in [-0.2, -0.15) is 0 Å². The molecule has 0 saturated heterocycles. The lowest BCUT2D eigenvalue weighted by Crippen LogP contribution is -2.28. The summed E-state index contributed by atoms with van der Waals surface area (Å²) in [4.78, 5) is 11.4. The Morgan fingerprint density at radius 1 is 1.47 bits per heavy atom. The van der Waals surface area contributed by atoms with Gasteiger partial charge in [0.1, 0.15) is 0 Å². The van der Waals surface area contributed by atoms with Gasteiger partial charge in [-0.15, -0.1) is 6.42 Å². The predicted molar refractivity (Wildman–Crippen MR) is 69.5 cm³/mol. The van der Waals surface area contributed by atoms with Crippen molar-refractivity contribution in [3.05, 3.63) is 27.8 Å². The Bertz CT molecular complexity index is 384. The molecule has 15 heavy (non-hydrogen) atoms. The van der Waals surface area contributed by atoms with Gasteiger partial charge in [0.05, 0.1) is 18.8 Å². The maximum Gasteiger partial charge on any atom is 0.238 e. The fourth-order valence-electron chi connectivity index (χ4n) is 1.01. The van der Waals surface area contributed by atoms with Crippen molar-refractivity contribution >= 4 is 34.2 Å². The third-order valence-corrected chi connectivity index (χ3v) is 2.60. The number of halogens is 1. The molecule has 78 valence electrons. The number of benzene rings is 1. The largest absolute Gasteiger partial charge is 0.324 e. The molecule has 1 amide bonds. The van der Waals surface area contributed by atoms with E-state index in [0.717, 1.165) is 9.26 Å². The topological polar surface area (TPSA) is 41.1 Å². The third kappa shape index (κ3) is 4.32. The van der Waals surface area contributed by atoms with Crippen molar-refractivity contribution in [3.63, 3.8) is 0 Å². The number of nitrogens with one attached hydrogen (secondary N) is 2. The molecular formula is C11H11IN2O. The maximum atomic E-state index is 11.4. The highest BCUT2D eigenvalue weighted by Crippen LogP contribution is 2.16. The first kappa shape index (κ1) is 12.0. The van der Waals surface area contributed by atoms with Gasteiger partial charge in [-0.25, -0.2) is 0 Å². The number of carbonyl (C=O) groups is 1. The summed E-state index contributed by atoms with van der Waals surface area (Å²) in [6, 6.07) is 7.60. The molecule has 0 aliphatic heterocycles. The van der Waals surface area contributed by atoms with E-state index >= 15 is 0 Å². The van der Waals surface area contributed by atoms with E-state index in [0.29, 0.717) is 6.54 Å². The summed E-state index contributed by atoms with van der Waals surface area (Å²) in [6.45, 7) is 0.633. The Morgan fingerprint density at radius 3 is 2.87 bits per heavy atom. The Labute approximate surface area is 103 Å². The average Bonchev–Trinajstić information content (AvgIpc) is 2.22. The number of para-hydroxylation sites is 1. The molecule has 0 spiro atoms. The Kier molecular flexibility index (Phi) is 5.15. The summed E-state index contributed by atoms with van der Waals surface area (Å²) in [6.07, 6.45) is 5.05. The molecule has 0 bridgehead atoms. The molecule has 0 aliphatic rings. The normalized spacial score (nSPS) is 9.33. The van der Waals surface area contributed by atoms with E-state index < -0.39 is 0 Å². The minimum absolute atomic E-state index is 0.0885. The van der Waals surface area contributed by atoms with Gasteiger partial charge in [0.25, 0.3) is 0 Å². The van der Waals surface area contributed by atoms with E-state index in [4.69, 9.17) is 6.42 Å². The summed E-state index contributed by atoms with van der Waals surface area (Å²) >= 11 is 2.17. The summed E-state index contributed by atoms with van der Waals surface area (Å²) in [5, 5.41) is 5.62. The molecule has 0 heterocycles. The molecule has 0 saturated carbocycles. The van der Waals surface area contributed by atoms with Crippen LogP contribution in [0.4, 0.5) is 5.69 Å². The van der Waals surface area contributed by atoms with Gasteiger partial charge in [0, 0.05) is 3.57 Å².